The summed E-state index contributed by atoms with van der Waals surface area (Å²) < 4.78 is 23.2. The Bertz CT molecular complexity index is 264. The summed E-state index contributed by atoms with van der Waals surface area (Å²) in [6.45, 7) is 1.93. The fraction of sp³-hybridized carbons (Fsp3) is 1.00. The first kappa shape index (κ1) is 9.91. The Balaban J connectivity index is 2.92. The monoisotopic (exact) mass is 194 g/mol. The summed E-state index contributed by atoms with van der Waals surface area (Å²) in [5.74, 6) is 0. The van der Waals surface area contributed by atoms with Crippen molar-refractivity contribution in [1.82, 2.24) is 4.31 Å². The van der Waals surface area contributed by atoms with E-state index >= 15 is 0 Å². The Kier molecular flexibility index (Phi) is 2.44. The van der Waals surface area contributed by atoms with E-state index in [-0.39, 0.29) is 6.61 Å². The number of nitrogens with zero attached hydrogens (tertiary/aromatic N) is 1. The van der Waals surface area contributed by atoms with Gasteiger partial charge in [-0.1, -0.05) is 0 Å². The zero-order chi connectivity index (χ0) is 9.41. The predicted octanol–water partition coefficient (Wildman–Crippen LogP) is -0.963. The lowest BCUT2D eigenvalue weighted by molar-refractivity contribution is 0.137. The molecule has 1 rings (SSSR count). The van der Waals surface area contributed by atoms with Gasteiger partial charge in [0.25, 0.3) is 10.2 Å². The molecule has 1 aliphatic rings. The Morgan fingerprint density at radius 1 is 1.67 bits per heavy atom. The number of hydrogen-bond acceptors (Lipinski definition) is 3. The van der Waals surface area contributed by atoms with E-state index in [2.05, 4.69) is 0 Å². The Hall–Kier alpha value is -0.170. The molecule has 1 heterocycles. The summed E-state index contributed by atoms with van der Waals surface area (Å²) in [6.07, 6.45) is 1.42. The summed E-state index contributed by atoms with van der Waals surface area (Å²) in [7, 11) is -3.65. The summed E-state index contributed by atoms with van der Waals surface area (Å²) in [5.41, 5.74) is -0.687. The van der Waals surface area contributed by atoms with Gasteiger partial charge in [-0.15, -0.1) is 0 Å². The molecule has 5 nitrogen and oxygen atoms in total. The van der Waals surface area contributed by atoms with Crippen LogP contribution in [0.2, 0.25) is 0 Å². The quantitative estimate of drug-likeness (QED) is 0.593. The fourth-order valence-corrected chi connectivity index (χ4v) is 2.74. The molecule has 1 unspecified atom stereocenters. The van der Waals surface area contributed by atoms with Gasteiger partial charge in [-0.05, 0) is 19.8 Å². The van der Waals surface area contributed by atoms with Crippen molar-refractivity contribution in [3.63, 3.8) is 0 Å². The average molecular weight is 194 g/mol. The molecular formula is C6H14N2O3S. The molecule has 1 fully saturated rings. The third-order valence-corrected chi connectivity index (χ3v) is 3.56. The van der Waals surface area contributed by atoms with Crippen LogP contribution in [0.15, 0.2) is 0 Å². The van der Waals surface area contributed by atoms with E-state index in [4.69, 9.17) is 10.2 Å². The van der Waals surface area contributed by atoms with Crippen LogP contribution in [0.1, 0.15) is 19.8 Å². The summed E-state index contributed by atoms with van der Waals surface area (Å²) in [5, 5.41) is 14.0. The number of rotatable bonds is 2. The van der Waals surface area contributed by atoms with E-state index in [1.165, 1.54) is 4.31 Å². The molecular weight excluding hydrogens is 180 g/mol. The highest BCUT2D eigenvalue weighted by Crippen LogP contribution is 2.29. The molecule has 0 aliphatic carbocycles. The third kappa shape index (κ3) is 1.61. The standard InChI is InChI=1S/C6H14N2O3S/c1-6(5-9)3-2-4-8(6)12(7,10)11/h9H,2-5H2,1H3,(H2,7,10,11). The van der Waals surface area contributed by atoms with Gasteiger partial charge < -0.3 is 5.11 Å². The second-order valence-corrected chi connectivity index (χ2v) is 4.85. The second kappa shape index (κ2) is 2.95. The van der Waals surface area contributed by atoms with E-state index in [1.54, 1.807) is 6.92 Å². The maximum Gasteiger partial charge on any atom is 0.277 e. The molecule has 0 saturated carbocycles. The molecule has 0 aromatic carbocycles. The first-order valence-corrected chi connectivity index (χ1v) is 5.32. The van der Waals surface area contributed by atoms with Gasteiger partial charge in [0.05, 0.1) is 12.1 Å². The van der Waals surface area contributed by atoms with Crippen molar-refractivity contribution < 1.29 is 13.5 Å². The van der Waals surface area contributed by atoms with Crippen molar-refractivity contribution in [1.29, 1.82) is 0 Å². The molecule has 0 radical (unpaired) electrons. The number of aliphatic hydroxyl groups excluding tert-OH is 1. The van der Waals surface area contributed by atoms with Crippen molar-refractivity contribution in [2.24, 2.45) is 5.14 Å². The lowest BCUT2D eigenvalue weighted by atomic mass is 10.0. The Morgan fingerprint density at radius 2 is 2.25 bits per heavy atom. The molecule has 0 bridgehead atoms. The topological polar surface area (TPSA) is 83.6 Å². The highest BCUT2D eigenvalue weighted by Gasteiger charge is 2.41. The highest BCUT2D eigenvalue weighted by atomic mass is 32.2. The van der Waals surface area contributed by atoms with Gasteiger partial charge in [0, 0.05) is 6.54 Å². The van der Waals surface area contributed by atoms with Gasteiger partial charge >= 0.3 is 0 Å². The molecule has 0 aromatic heterocycles. The average Bonchev–Trinajstić information content (AvgIpc) is 2.31. The normalized spacial score (nSPS) is 32.6. The molecule has 6 heteroatoms. The highest BCUT2D eigenvalue weighted by molar-refractivity contribution is 7.86. The molecule has 0 spiro atoms. The number of aliphatic hydroxyl groups is 1. The lowest BCUT2D eigenvalue weighted by Crippen LogP contribution is -2.50. The van der Waals surface area contributed by atoms with Crippen LogP contribution in [0.25, 0.3) is 0 Å². The van der Waals surface area contributed by atoms with Gasteiger partial charge in [-0.25, -0.2) is 5.14 Å². The van der Waals surface area contributed by atoms with Crippen LogP contribution in [0.5, 0.6) is 0 Å². The van der Waals surface area contributed by atoms with Crippen LogP contribution in [0, 0.1) is 0 Å². The van der Waals surface area contributed by atoms with E-state index in [0.717, 1.165) is 6.42 Å². The second-order valence-electron chi connectivity index (χ2n) is 3.38. The number of hydrogen-bond donors (Lipinski definition) is 2. The van der Waals surface area contributed by atoms with Crippen molar-refractivity contribution in [2.45, 2.75) is 25.3 Å². The van der Waals surface area contributed by atoms with Crippen molar-refractivity contribution in [2.75, 3.05) is 13.2 Å². The molecule has 1 aliphatic heterocycles. The van der Waals surface area contributed by atoms with Gasteiger partial charge in [-0.3, -0.25) is 0 Å². The molecule has 72 valence electrons. The van der Waals surface area contributed by atoms with Gasteiger partial charge in [0.15, 0.2) is 0 Å². The van der Waals surface area contributed by atoms with Gasteiger partial charge in [0.2, 0.25) is 0 Å². The fourth-order valence-electron chi connectivity index (χ4n) is 1.59. The van der Waals surface area contributed by atoms with Crippen LogP contribution in [0.3, 0.4) is 0 Å². The van der Waals surface area contributed by atoms with Gasteiger partial charge in [0.1, 0.15) is 0 Å². The SMILES string of the molecule is CC1(CO)CCCN1S(N)(=O)=O. The summed E-state index contributed by atoms with van der Waals surface area (Å²) >= 11 is 0. The zero-order valence-corrected chi connectivity index (χ0v) is 7.84. The van der Waals surface area contributed by atoms with Crippen molar-refractivity contribution in [3.8, 4) is 0 Å². The minimum Gasteiger partial charge on any atom is -0.394 e. The maximum absolute atomic E-state index is 11.0. The van der Waals surface area contributed by atoms with E-state index in [1.807, 2.05) is 0 Å². The van der Waals surface area contributed by atoms with Crippen molar-refractivity contribution in [3.05, 3.63) is 0 Å². The van der Waals surface area contributed by atoms with Crippen LogP contribution in [-0.2, 0) is 10.2 Å². The molecule has 0 amide bonds. The molecule has 3 N–H and O–H groups in total. The predicted molar refractivity (Wildman–Crippen MR) is 44.5 cm³/mol. The maximum atomic E-state index is 11.0. The molecule has 1 saturated heterocycles. The Labute approximate surface area is 72.3 Å². The lowest BCUT2D eigenvalue weighted by Gasteiger charge is -2.30. The smallest absolute Gasteiger partial charge is 0.277 e. The third-order valence-electron chi connectivity index (χ3n) is 2.33. The van der Waals surface area contributed by atoms with Crippen LogP contribution in [0.4, 0.5) is 0 Å². The molecule has 12 heavy (non-hydrogen) atoms. The minimum atomic E-state index is -3.65. The first-order valence-electron chi connectivity index (χ1n) is 3.81. The zero-order valence-electron chi connectivity index (χ0n) is 7.02. The van der Waals surface area contributed by atoms with Crippen molar-refractivity contribution >= 4 is 10.2 Å². The largest absolute Gasteiger partial charge is 0.394 e. The van der Waals surface area contributed by atoms with Crippen LogP contribution < -0.4 is 5.14 Å². The van der Waals surface area contributed by atoms with Crippen LogP contribution >= 0.6 is 0 Å². The first-order chi connectivity index (χ1) is 5.40. The van der Waals surface area contributed by atoms with E-state index in [9.17, 15) is 8.42 Å². The van der Waals surface area contributed by atoms with E-state index < -0.39 is 15.7 Å². The minimum absolute atomic E-state index is 0.177. The van der Waals surface area contributed by atoms with E-state index in [0.29, 0.717) is 13.0 Å². The molecule has 0 aromatic rings. The summed E-state index contributed by atoms with van der Waals surface area (Å²) in [4.78, 5) is 0. The van der Waals surface area contributed by atoms with Crippen LogP contribution in [-0.4, -0.2) is 36.5 Å². The van der Waals surface area contributed by atoms with Gasteiger partial charge in [-0.2, -0.15) is 12.7 Å². The molecule has 1 atom stereocenters. The summed E-state index contributed by atoms with van der Waals surface area (Å²) in [6, 6.07) is 0. The number of nitrogens with two attached hydrogens (primary N) is 1. The Morgan fingerprint density at radius 3 is 2.58 bits per heavy atom.